The van der Waals surface area contributed by atoms with Gasteiger partial charge in [0, 0.05) is 12.7 Å². The molecule has 24 heavy (non-hydrogen) atoms. The van der Waals surface area contributed by atoms with E-state index in [1.165, 1.54) is 36.8 Å². The topological polar surface area (TPSA) is 75.6 Å². The molecular formula is C17H18FN3O3. The van der Waals surface area contributed by atoms with Crippen LogP contribution in [0, 0.1) is 5.82 Å². The fourth-order valence-corrected chi connectivity index (χ4v) is 2.73. The molecule has 0 aliphatic carbocycles. The number of nitrogens with zero attached hydrogens (tertiary/aromatic N) is 3. The number of amides is 1. The van der Waals surface area contributed by atoms with Gasteiger partial charge in [0.05, 0.1) is 6.54 Å². The molecular weight excluding hydrogens is 313 g/mol. The van der Waals surface area contributed by atoms with Gasteiger partial charge in [-0.1, -0.05) is 0 Å². The summed E-state index contributed by atoms with van der Waals surface area (Å²) in [4.78, 5) is 21.8. The Balaban J connectivity index is 1.63. The van der Waals surface area contributed by atoms with Gasteiger partial charge >= 0.3 is 0 Å². The van der Waals surface area contributed by atoms with Crippen molar-refractivity contribution in [2.45, 2.75) is 18.4 Å². The van der Waals surface area contributed by atoms with Gasteiger partial charge in [-0.05, 0) is 43.2 Å². The van der Waals surface area contributed by atoms with Crippen molar-refractivity contribution in [3.05, 3.63) is 54.4 Å². The smallest absolute Gasteiger partial charge is 0.272 e. The molecule has 1 aromatic carbocycles. The second-order valence-electron chi connectivity index (χ2n) is 5.89. The van der Waals surface area contributed by atoms with E-state index in [2.05, 4.69) is 9.97 Å². The van der Waals surface area contributed by atoms with Crippen LogP contribution in [0.25, 0.3) is 0 Å². The molecule has 1 saturated heterocycles. The number of piperidine rings is 1. The molecule has 2 heterocycles. The number of hydrogen-bond donors (Lipinski definition) is 1. The molecule has 1 N–H and O–H groups in total. The third-order valence-electron chi connectivity index (χ3n) is 3.96. The molecule has 0 spiro atoms. The van der Waals surface area contributed by atoms with Crippen LogP contribution in [0.1, 0.15) is 23.3 Å². The highest BCUT2D eigenvalue weighted by atomic mass is 19.1. The summed E-state index contributed by atoms with van der Waals surface area (Å²) in [5, 5.41) is 10.7. The van der Waals surface area contributed by atoms with E-state index in [9.17, 15) is 14.3 Å². The van der Waals surface area contributed by atoms with Crippen molar-refractivity contribution in [2.24, 2.45) is 0 Å². The first kappa shape index (κ1) is 16.3. The molecule has 1 amide bonds. The summed E-state index contributed by atoms with van der Waals surface area (Å²) in [5.41, 5.74) is -0.844. The predicted octanol–water partition coefficient (Wildman–Crippen LogP) is 1.66. The van der Waals surface area contributed by atoms with Gasteiger partial charge < -0.3 is 14.7 Å². The average Bonchev–Trinajstić information content (AvgIpc) is 2.61. The molecule has 1 aromatic heterocycles. The molecule has 1 aliphatic rings. The van der Waals surface area contributed by atoms with Crippen molar-refractivity contribution in [1.29, 1.82) is 0 Å². The first-order valence-electron chi connectivity index (χ1n) is 7.72. The first-order valence-corrected chi connectivity index (χ1v) is 7.72. The summed E-state index contributed by atoms with van der Waals surface area (Å²) in [5.74, 6) is -0.110. The molecule has 126 valence electrons. The Labute approximate surface area is 138 Å². The van der Waals surface area contributed by atoms with Crippen LogP contribution in [-0.4, -0.2) is 51.2 Å². The largest absolute Gasteiger partial charge is 0.491 e. The fourth-order valence-electron chi connectivity index (χ4n) is 2.73. The maximum absolute atomic E-state index is 12.9. The molecule has 1 fully saturated rings. The van der Waals surface area contributed by atoms with Crippen LogP contribution in [0.5, 0.6) is 5.75 Å². The maximum Gasteiger partial charge on any atom is 0.272 e. The van der Waals surface area contributed by atoms with E-state index >= 15 is 0 Å². The molecule has 0 radical (unpaired) electrons. The van der Waals surface area contributed by atoms with Gasteiger partial charge in [0.1, 0.15) is 35.8 Å². The zero-order valence-corrected chi connectivity index (χ0v) is 13.1. The number of carbonyl (C=O) groups excluding carboxylic acids is 1. The Morgan fingerprint density at radius 2 is 2.12 bits per heavy atom. The molecule has 6 nitrogen and oxygen atoms in total. The van der Waals surface area contributed by atoms with Crippen LogP contribution < -0.4 is 4.74 Å². The van der Waals surface area contributed by atoms with E-state index in [-0.39, 0.29) is 24.9 Å². The van der Waals surface area contributed by atoms with Gasteiger partial charge in [-0.2, -0.15) is 0 Å². The van der Waals surface area contributed by atoms with Crippen LogP contribution >= 0.6 is 0 Å². The minimum atomic E-state index is -1.14. The molecule has 1 unspecified atom stereocenters. The number of aliphatic hydroxyl groups is 1. The van der Waals surface area contributed by atoms with Crippen molar-refractivity contribution >= 4 is 5.91 Å². The highest BCUT2D eigenvalue weighted by Gasteiger charge is 2.36. The lowest BCUT2D eigenvalue weighted by Gasteiger charge is -2.38. The van der Waals surface area contributed by atoms with E-state index < -0.39 is 5.60 Å². The standard InChI is InChI=1S/C17H18FN3O3/c18-13-2-4-14(5-3-13)24-11-17(23)7-1-9-21(10-17)16(22)15-6-8-19-12-20-15/h2-6,8,12,23H,1,7,9-11H2. The number of ether oxygens (including phenoxy) is 1. The summed E-state index contributed by atoms with van der Waals surface area (Å²) in [7, 11) is 0. The lowest BCUT2D eigenvalue weighted by atomic mass is 9.93. The van der Waals surface area contributed by atoms with Crippen LogP contribution in [0.15, 0.2) is 42.9 Å². The SMILES string of the molecule is O=C(c1ccncn1)N1CCCC(O)(COc2ccc(F)cc2)C1. The molecule has 1 aliphatic heterocycles. The zero-order valence-electron chi connectivity index (χ0n) is 13.1. The van der Waals surface area contributed by atoms with Crippen molar-refractivity contribution in [1.82, 2.24) is 14.9 Å². The number of likely N-dealkylation sites (tertiary alicyclic amines) is 1. The number of carbonyl (C=O) groups is 1. The second-order valence-corrected chi connectivity index (χ2v) is 5.89. The number of benzene rings is 1. The second kappa shape index (κ2) is 6.92. The fraction of sp³-hybridized carbons (Fsp3) is 0.353. The lowest BCUT2D eigenvalue weighted by molar-refractivity contribution is -0.0533. The van der Waals surface area contributed by atoms with Gasteiger partial charge in [0.15, 0.2) is 0 Å². The van der Waals surface area contributed by atoms with Crippen molar-refractivity contribution < 1.29 is 19.0 Å². The molecule has 1 atom stereocenters. The number of β-amino-alcohol motifs (C(OH)–C–C–N with tert-alkyl or cyclic N) is 1. The number of rotatable bonds is 4. The molecule has 0 bridgehead atoms. The van der Waals surface area contributed by atoms with Gasteiger partial charge in [-0.25, -0.2) is 14.4 Å². The van der Waals surface area contributed by atoms with E-state index in [0.29, 0.717) is 30.8 Å². The third kappa shape index (κ3) is 3.86. The van der Waals surface area contributed by atoms with E-state index in [1.54, 1.807) is 11.0 Å². The Morgan fingerprint density at radius 1 is 1.33 bits per heavy atom. The van der Waals surface area contributed by atoms with Gasteiger partial charge in [-0.15, -0.1) is 0 Å². The van der Waals surface area contributed by atoms with Gasteiger partial charge in [-0.3, -0.25) is 4.79 Å². The Morgan fingerprint density at radius 3 is 2.83 bits per heavy atom. The molecule has 3 rings (SSSR count). The minimum Gasteiger partial charge on any atom is -0.491 e. The summed E-state index contributed by atoms with van der Waals surface area (Å²) < 4.78 is 18.5. The third-order valence-corrected chi connectivity index (χ3v) is 3.96. The first-order chi connectivity index (χ1) is 11.6. The van der Waals surface area contributed by atoms with Crippen molar-refractivity contribution in [3.63, 3.8) is 0 Å². The number of halogens is 1. The van der Waals surface area contributed by atoms with Crippen molar-refractivity contribution in [3.8, 4) is 5.75 Å². The van der Waals surface area contributed by atoms with E-state index in [0.717, 1.165) is 0 Å². The minimum absolute atomic E-state index is 0.0339. The predicted molar refractivity (Wildman–Crippen MR) is 84.0 cm³/mol. The summed E-state index contributed by atoms with van der Waals surface area (Å²) in [6.45, 7) is 0.755. The highest BCUT2D eigenvalue weighted by Crippen LogP contribution is 2.24. The van der Waals surface area contributed by atoms with E-state index in [4.69, 9.17) is 4.74 Å². The zero-order chi connectivity index (χ0) is 17.0. The Hall–Kier alpha value is -2.54. The van der Waals surface area contributed by atoms with Crippen LogP contribution in [-0.2, 0) is 0 Å². The van der Waals surface area contributed by atoms with Crippen molar-refractivity contribution in [2.75, 3.05) is 19.7 Å². The Bertz CT molecular complexity index is 696. The monoisotopic (exact) mass is 331 g/mol. The highest BCUT2D eigenvalue weighted by molar-refractivity contribution is 5.92. The van der Waals surface area contributed by atoms with Crippen LogP contribution in [0.2, 0.25) is 0 Å². The Kier molecular flexibility index (Phi) is 4.71. The summed E-state index contributed by atoms with van der Waals surface area (Å²) >= 11 is 0. The molecule has 0 saturated carbocycles. The van der Waals surface area contributed by atoms with Gasteiger partial charge in [0.2, 0.25) is 0 Å². The quantitative estimate of drug-likeness (QED) is 0.922. The number of hydrogen-bond acceptors (Lipinski definition) is 5. The lowest BCUT2D eigenvalue weighted by Crippen LogP contribution is -2.53. The molecule has 7 heteroatoms. The molecule has 2 aromatic rings. The maximum atomic E-state index is 12.9. The van der Waals surface area contributed by atoms with E-state index in [1.807, 2.05) is 0 Å². The summed E-state index contributed by atoms with van der Waals surface area (Å²) in [6, 6.07) is 7.15. The van der Waals surface area contributed by atoms with Crippen LogP contribution in [0.3, 0.4) is 0 Å². The summed E-state index contributed by atoms with van der Waals surface area (Å²) in [6.07, 6.45) is 4.02. The average molecular weight is 331 g/mol. The number of aromatic nitrogens is 2. The normalized spacial score (nSPS) is 20.7. The van der Waals surface area contributed by atoms with Crippen LogP contribution in [0.4, 0.5) is 4.39 Å². The van der Waals surface area contributed by atoms with Gasteiger partial charge in [0.25, 0.3) is 5.91 Å².